The molecule has 0 radical (unpaired) electrons. The molecule has 0 amide bonds. The third kappa shape index (κ3) is 2.07. The Morgan fingerprint density at radius 3 is 2.67 bits per heavy atom. The van der Waals surface area contributed by atoms with E-state index in [0.717, 1.165) is 31.3 Å². The van der Waals surface area contributed by atoms with Gasteiger partial charge in [0.2, 0.25) is 0 Å². The molecular weight excluding hydrogens is 384 g/mol. The average molecular weight is 414 g/mol. The van der Waals surface area contributed by atoms with Crippen molar-refractivity contribution in [3.05, 3.63) is 11.6 Å². The first-order valence-corrected chi connectivity index (χ1v) is 11.4. The van der Waals surface area contributed by atoms with Gasteiger partial charge in [-0.15, -0.1) is 0 Å². The molecule has 30 heavy (non-hydrogen) atoms. The predicted octanol–water partition coefficient (Wildman–Crippen LogP) is 2.98. The maximum atomic E-state index is 13.0. The number of fused-ring (bicyclic) bond motifs is 9. The van der Waals surface area contributed by atoms with Crippen molar-refractivity contribution in [2.45, 2.75) is 76.6 Å². The molecule has 6 nitrogen and oxygen atoms in total. The van der Waals surface area contributed by atoms with Gasteiger partial charge in [-0.3, -0.25) is 14.4 Å². The lowest BCUT2D eigenvalue weighted by molar-refractivity contribution is -0.172. The Kier molecular flexibility index (Phi) is 3.65. The number of carbonyl (C=O) groups excluding carboxylic acids is 3. The summed E-state index contributed by atoms with van der Waals surface area (Å²) in [6.45, 7) is 4.52. The number of ketones is 1. The predicted molar refractivity (Wildman–Crippen MR) is 105 cm³/mol. The molecule has 0 bridgehead atoms. The molecule has 0 aromatic heterocycles. The van der Waals surface area contributed by atoms with E-state index in [1.807, 2.05) is 0 Å². The van der Waals surface area contributed by atoms with Gasteiger partial charge in [0.05, 0.1) is 25.2 Å². The molecular formula is C24H30O6. The highest BCUT2D eigenvalue weighted by molar-refractivity contribution is 5.92. The van der Waals surface area contributed by atoms with E-state index in [2.05, 4.69) is 13.8 Å². The molecule has 3 saturated carbocycles. The zero-order chi connectivity index (χ0) is 21.1. The van der Waals surface area contributed by atoms with Crippen molar-refractivity contribution in [1.82, 2.24) is 0 Å². The molecule has 6 rings (SSSR count). The smallest absolute Gasteiger partial charge is 0.309 e. The SMILES string of the molecule is COC(=O)[C@@H]1CC2=CC(=O)CC[C@]2(C)C2C1C1CC[C@@]3(CCC(=O)O3)[C@@]1(C)[C@H]1OC21. The van der Waals surface area contributed by atoms with Crippen molar-refractivity contribution < 1.29 is 28.6 Å². The normalized spacial score (nSPS) is 53.2. The average Bonchev–Trinajstić information content (AvgIpc) is 3.35. The van der Waals surface area contributed by atoms with Gasteiger partial charge in [-0.25, -0.2) is 0 Å². The summed E-state index contributed by atoms with van der Waals surface area (Å²) in [6.07, 6.45) is 6.91. The van der Waals surface area contributed by atoms with Crippen molar-refractivity contribution in [2.75, 3.05) is 7.11 Å². The number of allylic oxidation sites excluding steroid dienone is 1. The number of ether oxygens (including phenoxy) is 3. The maximum absolute atomic E-state index is 13.0. The highest BCUT2D eigenvalue weighted by atomic mass is 16.6. The molecule has 4 unspecified atom stereocenters. The van der Waals surface area contributed by atoms with Crippen LogP contribution in [0.25, 0.3) is 0 Å². The zero-order valence-corrected chi connectivity index (χ0v) is 17.9. The monoisotopic (exact) mass is 414 g/mol. The van der Waals surface area contributed by atoms with Gasteiger partial charge in [-0.05, 0) is 55.4 Å². The number of hydrogen-bond acceptors (Lipinski definition) is 6. The van der Waals surface area contributed by atoms with Gasteiger partial charge in [0.1, 0.15) is 5.60 Å². The first kappa shape index (κ1) is 19.0. The number of rotatable bonds is 1. The number of carbonyl (C=O) groups is 3. The Hall–Kier alpha value is -1.69. The Balaban J connectivity index is 1.48. The fourth-order valence-electron chi connectivity index (χ4n) is 8.62. The molecule has 4 aliphatic carbocycles. The van der Waals surface area contributed by atoms with Gasteiger partial charge >= 0.3 is 11.9 Å². The Morgan fingerprint density at radius 2 is 1.97 bits per heavy atom. The van der Waals surface area contributed by atoms with Crippen molar-refractivity contribution in [2.24, 2.45) is 34.5 Å². The minimum Gasteiger partial charge on any atom is -0.469 e. The summed E-state index contributed by atoms with van der Waals surface area (Å²) in [4.78, 5) is 37.4. The van der Waals surface area contributed by atoms with E-state index in [1.165, 1.54) is 7.11 Å². The first-order valence-electron chi connectivity index (χ1n) is 11.4. The lowest BCUT2D eigenvalue weighted by atomic mass is 9.44. The number of epoxide rings is 1. The molecule has 1 spiro atoms. The van der Waals surface area contributed by atoms with Crippen LogP contribution in [0, 0.1) is 34.5 Å². The number of hydrogen-bond donors (Lipinski definition) is 0. The minimum absolute atomic E-state index is 0.0552. The van der Waals surface area contributed by atoms with E-state index in [0.29, 0.717) is 19.3 Å². The van der Waals surface area contributed by atoms with Gasteiger partial charge in [0.15, 0.2) is 5.78 Å². The van der Waals surface area contributed by atoms with E-state index in [1.54, 1.807) is 6.08 Å². The standard InChI is InChI=1S/C24H30O6/c1-22-7-4-13(25)10-12(22)11-14(21(27)28-3)17-15-5-8-24(9-6-16(26)30-24)23(15,2)20-19(29-20)18(17)22/h10,14-15,17-20H,4-9,11H2,1-3H3/t14-,15?,17?,18?,19?,20+,22+,23-,24-/m1/s1. The molecule has 0 aromatic rings. The lowest BCUT2D eigenvalue weighted by Gasteiger charge is -2.58. The number of methoxy groups -OCH3 is 1. The van der Waals surface area contributed by atoms with E-state index < -0.39 is 5.60 Å². The van der Waals surface area contributed by atoms with Gasteiger partial charge < -0.3 is 14.2 Å². The van der Waals surface area contributed by atoms with E-state index >= 15 is 0 Å². The van der Waals surface area contributed by atoms with Crippen molar-refractivity contribution in [1.29, 1.82) is 0 Å². The van der Waals surface area contributed by atoms with Crippen LogP contribution in [0.2, 0.25) is 0 Å². The van der Waals surface area contributed by atoms with Crippen LogP contribution in [0.15, 0.2) is 11.6 Å². The highest BCUT2D eigenvalue weighted by Crippen LogP contribution is 2.75. The molecule has 9 atom stereocenters. The topological polar surface area (TPSA) is 82.2 Å². The third-order valence-electron chi connectivity index (χ3n) is 10.1. The van der Waals surface area contributed by atoms with E-state index in [-0.39, 0.29) is 64.4 Å². The molecule has 162 valence electrons. The quantitative estimate of drug-likeness (QED) is 0.485. The molecule has 2 heterocycles. The van der Waals surface area contributed by atoms with Crippen LogP contribution in [-0.2, 0) is 28.6 Å². The second-order valence-electron chi connectivity index (χ2n) is 10.9. The second kappa shape index (κ2) is 5.76. The van der Waals surface area contributed by atoms with Crippen molar-refractivity contribution in [3.8, 4) is 0 Å². The summed E-state index contributed by atoms with van der Waals surface area (Å²) < 4.78 is 17.7. The van der Waals surface area contributed by atoms with Crippen LogP contribution < -0.4 is 0 Å². The maximum Gasteiger partial charge on any atom is 0.309 e. The molecule has 6 heteroatoms. The molecule has 0 aromatic carbocycles. The summed E-state index contributed by atoms with van der Waals surface area (Å²) in [6, 6.07) is 0. The lowest BCUT2D eigenvalue weighted by Crippen LogP contribution is -2.61. The second-order valence-corrected chi connectivity index (χ2v) is 10.9. The van der Waals surface area contributed by atoms with Gasteiger partial charge in [0.25, 0.3) is 0 Å². The van der Waals surface area contributed by atoms with Gasteiger partial charge in [-0.2, -0.15) is 0 Å². The molecule has 2 aliphatic heterocycles. The van der Waals surface area contributed by atoms with Crippen molar-refractivity contribution in [3.63, 3.8) is 0 Å². The van der Waals surface area contributed by atoms with Crippen LogP contribution in [0.5, 0.6) is 0 Å². The van der Waals surface area contributed by atoms with Crippen LogP contribution in [0.3, 0.4) is 0 Å². The van der Waals surface area contributed by atoms with Gasteiger partial charge in [0, 0.05) is 24.2 Å². The fraction of sp³-hybridized carbons (Fsp3) is 0.792. The Labute approximate surface area is 176 Å². The molecule has 5 fully saturated rings. The highest BCUT2D eigenvalue weighted by Gasteiger charge is 2.79. The Bertz CT molecular complexity index is 892. The Morgan fingerprint density at radius 1 is 1.17 bits per heavy atom. The molecule has 6 aliphatic rings. The molecule has 2 saturated heterocycles. The van der Waals surface area contributed by atoms with Gasteiger partial charge in [-0.1, -0.05) is 19.4 Å². The van der Waals surface area contributed by atoms with Crippen LogP contribution in [0.1, 0.15) is 58.8 Å². The summed E-state index contributed by atoms with van der Waals surface area (Å²) in [5, 5.41) is 0. The minimum atomic E-state index is -0.459. The first-order chi connectivity index (χ1) is 14.2. The summed E-state index contributed by atoms with van der Waals surface area (Å²) in [5.74, 6) is 0.176. The third-order valence-corrected chi connectivity index (χ3v) is 10.1. The van der Waals surface area contributed by atoms with Crippen LogP contribution in [-0.4, -0.2) is 42.6 Å². The summed E-state index contributed by atoms with van der Waals surface area (Å²) in [7, 11) is 1.46. The molecule has 0 N–H and O–H groups in total. The van der Waals surface area contributed by atoms with E-state index in [9.17, 15) is 14.4 Å². The summed E-state index contributed by atoms with van der Waals surface area (Å²) in [5.41, 5.74) is 0.262. The zero-order valence-electron chi connectivity index (χ0n) is 17.9. The summed E-state index contributed by atoms with van der Waals surface area (Å²) >= 11 is 0. The van der Waals surface area contributed by atoms with E-state index in [4.69, 9.17) is 14.2 Å². The van der Waals surface area contributed by atoms with Crippen LogP contribution in [0.4, 0.5) is 0 Å². The fourth-order valence-corrected chi connectivity index (χ4v) is 8.62. The largest absolute Gasteiger partial charge is 0.469 e. The van der Waals surface area contributed by atoms with Crippen molar-refractivity contribution >= 4 is 17.7 Å². The van der Waals surface area contributed by atoms with Crippen LogP contribution >= 0.6 is 0 Å². The number of esters is 2.